The Morgan fingerprint density at radius 1 is 0.946 bits per heavy atom. The molecule has 9 heteroatoms. The molecule has 1 aliphatic rings. The molecule has 1 atom stereocenters. The van der Waals surface area contributed by atoms with Gasteiger partial charge in [-0.2, -0.15) is 5.10 Å². The number of methoxy groups -OCH3 is 1. The summed E-state index contributed by atoms with van der Waals surface area (Å²) < 4.78 is 12.1. The van der Waals surface area contributed by atoms with Gasteiger partial charge in [-0.15, -0.1) is 5.10 Å². The summed E-state index contributed by atoms with van der Waals surface area (Å²) in [5, 5.41) is 13.9. The predicted molar refractivity (Wildman–Crippen MR) is 136 cm³/mol. The predicted octanol–water partition coefficient (Wildman–Crippen LogP) is 3.87. The molecular weight excluding hydrogens is 470 g/mol. The molecule has 0 N–H and O–H groups in total. The highest BCUT2D eigenvalue weighted by Gasteiger charge is 2.33. The largest absolute Gasteiger partial charge is 0.497 e. The summed E-state index contributed by atoms with van der Waals surface area (Å²) in [7, 11) is 1.60. The smallest absolute Gasteiger partial charge is 0.361 e. The van der Waals surface area contributed by atoms with E-state index >= 15 is 0 Å². The Hall–Kier alpha value is -4.79. The van der Waals surface area contributed by atoms with Crippen molar-refractivity contribution in [2.45, 2.75) is 19.0 Å². The number of nitrogens with zero attached hydrogens (tertiary/aromatic N) is 5. The maximum absolute atomic E-state index is 13.2. The molecule has 0 radical (unpaired) electrons. The number of rotatable bonds is 8. The lowest BCUT2D eigenvalue weighted by molar-refractivity contribution is -0.136. The Morgan fingerprint density at radius 2 is 1.65 bits per heavy atom. The molecule has 0 aliphatic carbocycles. The molecule has 5 rings (SSSR count). The highest BCUT2D eigenvalue weighted by Crippen LogP contribution is 2.33. The van der Waals surface area contributed by atoms with Crippen LogP contribution in [0.4, 0.5) is 0 Å². The molecular formula is C28H25N5O4. The van der Waals surface area contributed by atoms with Crippen molar-refractivity contribution in [1.29, 1.82) is 0 Å². The van der Waals surface area contributed by atoms with Crippen LogP contribution in [0.25, 0.3) is 0 Å². The minimum absolute atomic E-state index is 0.0327. The Balaban J connectivity index is 1.28. The zero-order chi connectivity index (χ0) is 25.6. The number of hydrazone groups is 1. The molecule has 4 aromatic rings. The Kier molecular flexibility index (Phi) is 7.02. The number of ether oxygens (including phenoxy) is 2. The van der Waals surface area contributed by atoms with Crippen LogP contribution < -0.4 is 4.74 Å². The van der Waals surface area contributed by atoms with Crippen LogP contribution in [0.1, 0.15) is 39.6 Å². The van der Waals surface area contributed by atoms with Crippen molar-refractivity contribution in [3.63, 3.8) is 0 Å². The van der Waals surface area contributed by atoms with Crippen LogP contribution in [0.15, 0.2) is 96.2 Å². The maximum Gasteiger partial charge on any atom is 0.361 e. The van der Waals surface area contributed by atoms with Crippen LogP contribution >= 0.6 is 0 Å². The highest BCUT2D eigenvalue weighted by molar-refractivity contribution is 6.03. The number of hydrogen-bond donors (Lipinski definition) is 0. The van der Waals surface area contributed by atoms with Crippen LogP contribution in [0.3, 0.4) is 0 Å². The second kappa shape index (κ2) is 10.9. The first-order chi connectivity index (χ1) is 18.1. The van der Waals surface area contributed by atoms with Crippen molar-refractivity contribution in [2.24, 2.45) is 5.10 Å². The van der Waals surface area contributed by atoms with Crippen LogP contribution in [0.2, 0.25) is 0 Å². The summed E-state index contributed by atoms with van der Waals surface area (Å²) in [4.78, 5) is 25.8. The van der Waals surface area contributed by atoms with Crippen molar-refractivity contribution < 1.29 is 19.1 Å². The van der Waals surface area contributed by atoms with E-state index in [0.717, 1.165) is 28.2 Å². The number of esters is 1. The lowest BCUT2D eigenvalue weighted by Crippen LogP contribution is -2.31. The number of carbonyl (C=O) groups excluding carboxylic acids is 2. The number of aromatic nitrogens is 3. The fraction of sp³-hybridized carbons (Fsp3) is 0.179. The summed E-state index contributed by atoms with van der Waals surface area (Å²) in [5.74, 6) is -0.435. The van der Waals surface area contributed by atoms with E-state index in [2.05, 4.69) is 15.4 Å². The fourth-order valence-corrected chi connectivity index (χ4v) is 4.14. The first kappa shape index (κ1) is 23.9. The molecule has 9 nitrogen and oxygen atoms in total. The zero-order valence-corrected chi connectivity index (χ0v) is 20.2. The molecule has 1 unspecified atom stereocenters. The summed E-state index contributed by atoms with van der Waals surface area (Å²) in [6, 6.07) is 26.6. The minimum atomic E-state index is -0.722. The van der Waals surface area contributed by atoms with Crippen molar-refractivity contribution in [3.8, 4) is 5.75 Å². The van der Waals surface area contributed by atoms with E-state index in [1.54, 1.807) is 11.8 Å². The van der Waals surface area contributed by atoms with Gasteiger partial charge in [0, 0.05) is 6.42 Å². The van der Waals surface area contributed by atoms with Crippen molar-refractivity contribution in [2.75, 3.05) is 13.7 Å². The fourth-order valence-electron chi connectivity index (χ4n) is 4.14. The van der Waals surface area contributed by atoms with Gasteiger partial charge in [-0.05, 0) is 28.8 Å². The summed E-state index contributed by atoms with van der Waals surface area (Å²) in [6.07, 6.45) is 2.03. The lowest BCUT2D eigenvalue weighted by Gasteiger charge is -2.22. The summed E-state index contributed by atoms with van der Waals surface area (Å²) in [5.41, 5.74) is 3.67. The molecule has 1 aliphatic heterocycles. The standard InChI is InChI=1S/C28H25N5O4/c1-36-23-14-12-22(13-15-23)26-16-24(21-10-6-3-7-11-21)30-33(26)27(34)19-37-28(35)25-18-32(31-29-25)17-20-8-4-2-5-9-20/h2-15,18,26H,16-17,19H2,1H3. The summed E-state index contributed by atoms with van der Waals surface area (Å²) >= 11 is 0. The third-order valence-electron chi connectivity index (χ3n) is 6.04. The van der Waals surface area contributed by atoms with Gasteiger partial charge in [0.2, 0.25) is 0 Å². The van der Waals surface area contributed by atoms with E-state index < -0.39 is 18.5 Å². The van der Waals surface area contributed by atoms with Crippen molar-refractivity contribution >= 4 is 17.6 Å². The van der Waals surface area contributed by atoms with E-state index in [1.165, 1.54) is 11.2 Å². The Bertz CT molecular complexity index is 1400. The topological polar surface area (TPSA) is 98.9 Å². The molecule has 0 spiro atoms. The quantitative estimate of drug-likeness (QED) is 0.344. The normalized spacial score (nSPS) is 14.8. The molecule has 1 amide bonds. The zero-order valence-electron chi connectivity index (χ0n) is 20.2. The van der Waals surface area contributed by atoms with E-state index in [1.807, 2.05) is 84.9 Å². The first-order valence-corrected chi connectivity index (χ1v) is 11.8. The third kappa shape index (κ3) is 5.56. The highest BCUT2D eigenvalue weighted by atomic mass is 16.5. The Labute approximate surface area is 213 Å². The van der Waals surface area contributed by atoms with Crippen molar-refractivity contribution in [3.05, 3.63) is 114 Å². The van der Waals surface area contributed by atoms with Gasteiger partial charge in [0.25, 0.3) is 5.91 Å². The van der Waals surface area contributed by atoms with Crippen LogP contribution in [0, 0.1) is 0 Å². The van der Waals surface area contributed by atoms with E-state index in [0.29, 0.717) is 13.0 Å². The van der Waals surface area contributed by atoms with Gasteiger partial charge in [-0.1, -0.05) is 78.0 Å². The average molecular weight is 496 g/mol. The average Bonchev–Trinajstić information content (AvgIpc) is 3.61. The van der Waals surface area contributed by atoms with Crippen LogP contribution in [-0.2, 0) is 16.1 Å². The van der Waals surface area contributed by atoms with Gasteiger partial charge in [0.05, 0.1) is 31.6 Å². The second-order valence-electron chi connectivity index (χ2n) is 8.51. The lowest BCUT2D eigenvalue weighted by atomic mass is 9.98. The third-order valence-corrected chi connectivity index (χ3v) is 6.04. The number of hydrogen-bond acceptors (Lipinski definition) is 7. The molecule has 37 heavy (non-hydrogen) atoms. The van der Waals surface area contributed by atoms with Gasteiger partial charge in [-0.3, -0.25) is 4.79 Å². The maximum atomic E-state index is 13.2. The molecule has 0 fully saturated rings. The van der Waals surface area contributed by atoms with Gasteiger partial charge >= 0.3 is 5.97 Å². The van der Waals surface area contributed by atoms with E-state index in [9.17, 15) is 9.59 Å². The molecule has 0 saturated heterocycles. The van der Waals surface area contributed by atoms with E-state index in [-0.39, 0.29) is 11.7 Å². The molecule has 3 aromatic carbocycles. The van der Waals surface area contributed by atoms with Crippen LogP contribution in [-0.4, -0.2) is 51.3 Å². The van der Waals surface area contributed by atoms with Crippen molar-refractivity contribution in [1.82, 2.24) is 20.0 Å². The molecule has 2 heterocycles. The van der Waals surface area contributed by atoms with E-state index in [4.69, 9.17) is 9.47 Å². The van der Waals surface area contributed by atoms with Gasteiger partial charge in [0.15, 0.2) is 12.3 Å². The minimum Gasteiger partial charge on any atom is -0.497 e. The first-order valence-electron chi connectivity index (χ1n) is 11.8. The van der Waals surface area contributed by atoms with Crippen LogP contribution in [0.5, 0.6) is 5.75 Å². The SMILES string of the molecule is COc1ccc(C2CC(c3ccccc3)=NN2C(=O)COC(=O)c2cn(Cc3ccccc3)nn2)cc1. The van der Waals surface area contributed by atoms with Gasteiger partial charge in [-0.25, -0.2) is 14.5 Å². The molecule has 0 saturated carbocycles. The number of amides is 1. The molecule has 186 valence electrons. The number of carbonyl (C=O) groups is 2. The van der Waals surface area contributed by atoms with Gasteiger partial charge < -0.3 is 9.47 Å². The second-order valence-corrected chi connectivity index (χ2v) is 8.51. The monoisotopic (exact) mass is 495 g/mol. The summed E-state index contributed by atoms with van der Waals surface area (Å²) in [6.45, 7) is -0.00303. The van der Waals surface area contributed by atoms with Gasteiger partial charge in [0.1, 0.15) is 5.75 Å². The molecule has 0 bridgehead atoms. The molecule has 1 aromatic heterocycles. The number of benzene rings is 3. The Morgan fingerprint density at radius 3 is 2.35 bits per heavy atom.